The molecule has 4 nitrogen and oxygen atoms in total. The highest BCUT2D eigenvalue weighted by atomic mass is 16.3. The van der Waals surface area contributed by atoms with Gasteiger partial charge in [0.25, 0.3) is 0 Å². The summed E-state index contributed by atoms with van der Waals surface area (Å²) in [6.07, 6.45) is 1.01. The Kier molecular flexibility index (Phi) is 5.05. The lowest BCUT2D eigenvalue weighted by Gasteiger charge is -2.25. The molecule has 16 heavy (non-hydrogen) atoms. The van der Waals surface area contributed by atoms with Crippen LogP contribution in [-0.2, 0) is 0 Å². The van der Waals surface area contributed by atoms with Gasteiger partial charge in [-0.2, -0.15) is 4.98 Å². The number of rotatable bonds is 6. The Hall–Kier alpha value is -1.29. The van der Waals surface area contributed by atoms with Crippen LogP contribution in [0.2, 0.25) is 0 Å². The SMILES string of the molecule is CCCN(C[C@@H](C)CO)c1cccc(O)n1. The van der Waals surface area contributed by atoms with Crippen LogP contribution in [0.15, 0.2) is 18.2 Å². The van der Waals surface area contributed by atoms with Crippen molar-refractivity contribution >= 4 is 5.82 Å². The molecular formula is C12H20N2O2. The van der Waals surface area contributed by atoms with Gasteiger partial charge in [-0.15, -0.1) is 0 Å². The van der Waals surface area contributed by atoms with E-state index in [1.807, 2.05) is 13.0 Å². The summed E-state index contributed by atoms with van der Waals surface area (Å²) < 4.78 is 0. The van der Waals surface area contributed by atoms with Crippen LogP contribution in [0.3, 0.4) is 0 Å². The Labute approximate surface area is 96.6 Å². The zero-order valence-electron chi connectivity index (χ0n) is 9.93. The van der Waals surface area contributed by atoms with Gasteiger partial charge in [0.1, 0.15) is 5.82 Å². The lowest BCUT2D eigenvalue weighted by molar-refractivity contribution is 0.239. The number of hydrogen-bond acceptors (Lipinski definition) is 4. The van der Waals surface area contributed by atoms with Gasteiger partial charge in [0.15, 0.2) is 0 Å². The van der Waals surface area contributed by atoms with E-state index in [4.69, 9.17) is 5.11 Å². The van der Waals surface area contributed by atoms with Crippen LogP contribution in [-0.4, -0.2) is 34.9 Å². The standard InChI is InChI=1S/C12H20N2O2/c1-3-7-14(8-10(2)9-15)11-5-4-6-12(16)13-11/h4-6,10,15H,3,7-9H2,1-2H3,(H,13,16)/t10-/m1/s1. The van der Waals surface area contributed by atoms with Gasteiger partial charge in [-0.25, -0.2) is 0 Å². The number of aromatic hydroxyl groups is 1. The molecule has 0 bridgehead atoms. The number of anilines is 1. The highest BCUT2D eigenvalue weighted by Gasteiger charge is 2.11. The van der Waals surface area contributed by atoms with Gasteiger partial charge in [-0.3, -0.25) is 0 Å². The molecule has 0 aliphatic rings. The summed E-state index contributed by atoms with van der Waals surface area (Å²) in [5.74, 6) is 1.01. The third-order valence-electron chi connectivity index (χ3n) is 2.38. The molecule has 0 aliphatic heterocycles. The van der Waals surface area contributed by atoms with Gasteiger partial charge < -0.3 is 15.1 Å². The minimum absolute atomic E-state index is 0.0373. The topological polar surface area (TPSA) is 56.6 Å². The van der Waals surface area contributed by atoms with Crippen LogP contribution in [0.25, 0.3) is 0 Å². The number of aromatic nitrogens is 1. The number of pyridine rings is 1. The first-order valence-corrected chi connectivity index (χ1v) is 5.69. The van der Waals surface area contributed by atoms with Crippen molar-refractivity contribution in [1.29, 1.82) is 0 Å². The first-order chi connectivity index (χ1) is 7.67. The first kappa shape index (κ1) is 12.8. The van der Waals surface area contributed by atoms with Crippen LogP contribution in [0.5, 0.6) is 5.88 Å². The molecule has 0 amide bonds. The van der Waals surface area contributed by atoms with Crippen LogP contribution >= 0.6 is 0 Å². The highest BCUT2D eigenvalue weighted by Crippen LogP contribution is 2.16. The average molecular weight is 224 g/mol. The number of aliphatic hydroxyl groups is 1. The predicted octanol–water partition coefficient (Wildman–Crippen LogP) is 1.63. The summed E-state index contributed by atoms with van der Waals surface area (Å²) in [7, 11) is 0. The van der Waals surface area contributed by atoms with E-state index >= 15 is 0 Å². The fourth-order valence-electron chi connectivity index (χ4n) is 1.59. The van der Waals surface area contributed by atoms with Gasteiger partial charge in [0.2, 0.25) is 5.88 Å². The van der Waals surface area contributed by atoms with Gasteiger partial charge in [0, 0.05) is 25.8 Å². The average Bonchev–Trinajstić information content (AvgIpc) is 2.28. The molecule has 2 N–H and O–H groups in total. The van der Waals surface area contributed by atoms with Crippen molar-refractivity contribution in [2.75, 3.05) is 24.6 Å². The zero-order valence-corrected chi connectivity index (χ0v) is 9.93. The third-order valence-corrected chi connectivity index (χ3v) is 2.38. The Morgan fingerprint density at radius 3 is 2.75 bits per heavy atom. The Morgan fingerprint density at radius 2 is 2.19 bits per heavy atom. The highest BCUT2D eigenvalue weighted by molar-refractivity contribution is 5.40. The lowest BCUT2D eigenvalue weighted by Crippen LogP contribution is -2.31. The van der Waals surface area contributed by atoms with Crippen molar-refractivity contribution in [2.24, 2.45) is 5.92 Å². The molecule has 0 fully saturated rings. The molecular weight excluding hydrogens is 204 g/mol. The molecule has 0 unspecified atom stereocenters. The van der Waals surface area contributed by atoms with Gasteiger partial charge in [-0.05, 0) is 18.4 Å². The third kappa shape index (κ3) is 3.70. The van der Waals surface area contributed by atoms with E-state index in [0.717, 1.165) is 25.3 Å². The molecule has 0 aliphatic carbocycles. The second-order valence-corrected chi connectivity index (χ2v) is 4.09. The minimum atomic E-state index is 0.0373. The molecule has 90 valence electrons. The van der Waals surface area contributed by atoms with Crippen LogP contribution in [0.4, 0.5) is 5.82 Å². The molecule has 4 heteroatoms. The minimum Gasteiger partial charge on any atom is -0.493 e. The Morgan fingerprint density at radius 1 is 1.44 bits per heavy atom. The van der Waals surface area contributed by atoms with E-state index in [2.05, 4.69) is 16.8 Å². The summed E-state index contributed by atoms with van der Waals surface area (Å²) in [4.78, 5) is 6.16. The fraction of sp³-hybridized carbons (Fsp3) is 0.583. The maximum absolute atomic E-state index is 9.33. The number of hydrogen-bond donors (Lipinski definition) is 2. The summed E-state index contributed by atoms with van der Waals surface area (Å²) in [6.45, 7) is 5.88. The summed E-state index contributed by atoms with van der Waals surface area (Å²) in [5.41, 5.74) is 0. The maximum atomic E-state index is 9.33. The maximum Gasteiger partial charge on any atom is 0.212 e. The molecule has 1 aromatic rings. The van der Waals surface area contributed by atoms with E-state index in [9.17, 15) is 5.11 Å². The van der Waals surface area contributed by atoms with Crippen molar-refractivity contribution in [3.8, 4) is 5.88 Å². The van der Waals surface area contributed by atoms with Gasteiger partial charge in [-0.1, -0.05) is 19.9 Å². The molecule has 1 heterocycles. The molecule has 0 aromatic carbocycles. The predicted molar refractivity (Wildman–Crippen MR) is 64.7 cm³/mol. The van der Waals surface area contributed by atoms with Crippen molar-refractivity contribution in [2.45, 2.75) is 20.3 Å². The second kappa shape index (κ2) is 6.33. The molecule has 1 aromatic heterocycles. The van der Waals surface area contributed by atoms with Crippen molar-refractivity contribution in [3.63, 3.8) is 0 Å². The van der Waals surface area contributed by atoms with Crippen LogP contribution < -0.4 is 4.90 Å². The second-order valence-electron chi connectivity index (χ2n) is 4.09. The summed E-state index contributed by atoms with van der Waals surface area (Å²) in [5, 5.41) is 18.4. The van der Waals surface area contributed by atoms with Gasteiger partial charge >= 0.3 is 0 Å². The van der Waals surface area contributed by atoms with Gasteiger partial charge in [0.05, 0.1) is 0 Å². The first-order valence-electron chi connectivity index (χ1n) is 5.69. The Bertz CT molecular complexity index is 318. The van der Waals surface area contributed by atoms with Crippen LogP contribution in [0.1, 0.15) is 20.3 Å². The van der Waals surface area contributed by atoms with E-state index < -0.39 is 0 Å². The molecule has 0 saturated carbocycles. The molecule has 0 radical (unpaired) electrons. The van der Waals surface area contributed by atoms with Crippen molar-refractivity contribution in [1.82, 2.24) is 4.98 Å². The van der Waals surface area contributed by atoms with Crippen LogP contribution in [0, 0.1) is 5.92 Å². The number of aliphatic hydroxyl groups excluding tert-OH is 1. The number of nitrogens with zero attached hydrogens (tertiary/aromatic N) is 2. The smallest absolute Gasteiger partial charge is 0.212 e. The molecule has 1 rings (SSSR count). The summed E-state index contributed by atoms with van der Waals surface area (Å²) in [6, 6.07) is 5.21. The fourth-order valence-corrected chi connectivity index (χ4v) is 1.59. The quantitative estimate of drug-likeness (QED) is 0.771. The van der Waals surface area contributed by atoms with E-state index in [1.54, 1.807) is 12.1 Å². The van der Waals surface area contributed by atoms with Crippen molar-refractivity contribution < 1.29 is 10.2 Å². The zero-order chi connectivity index (χ0) is 12.0. The normalized spacial score (nSPS) is 12.4. The Balaban J connectivity index is 2.76. The summed E-state index contributed by atoms with van der Waals surface area (Å²) >= 11 is 0. The molecule has 1 atom stereocenters. The van der Waals surface area contributed by atoms with E-state index in [0.29, 0.717) is 0 Å². The van der Waals surface area contributed by atoms with Crippen molar-refractivity contribution in [3.05, 3.63) is 18.2 Å². The molecule has 0 spiro atoms. The van der Waals surface area contributed by atoms with E-state index in [1.165, 1.54) is 0 Å². The van der Waals surface area contributed by atoms with E-state index in [-0.39, 0.29) is 18.4 Å². The lowest BCUT2D eigenvalue weighted by atomic mass is 10.2. The molecule has 0 saturated heterocycles. The monoisotopic (exact) mass is 224 g/mol. The largest absolute Gasteiger partial charge is 0.493 e.